The molecule has 1 heterocycles. The third-order valence-electron chi connectivity index (χ3n) is 5.24. The molecule has 7 heteroatoms. The van der Waals surface area contributed by atoms with Crippen LogP contribution in [0.2, 0.25) is 0 Å². The molecule has 2 N–H and O–H groups in total. The van der Waals surface area contributed by atoms with E-state index < -0.39 is 0 Å². The van der Waals surface area contributed by atoms with Gasteiger partial charge in [-0.15, -0.1) is 24.0 Å². The Kier molecular flexibility index (Phi) is 11.1. The van der Waals surface area contributed by atoms with Crippen LogP contribution < -0.4 is 10.6 Å². The molecule has 0 spiro atoms. The Morgan fingerprint density at radius 3 is 2.68 bits per heavy atom. The molecule has 1 unspecified atom stereocenters. The van der Waals surface area contributed by atoms with Crippen LogP contribution in [-0.2, 0) is 16.0 Å². The molecule has 0 aromatic heterocycles. The Morgan fingerprint density at radius 1 is 1.19 bits per heavy atom. The Bertz CT molecular complexity index is 813. The minimum absolute atomic E-state index is 0. The predicted molar refractivity (Wildman–Crippen MR) is 138 cm³/mol. The van der Waals surface area contributed by atoms with Crippen LogP contribution in [0.1, 0.15) is 29.7 Å². The lowest BCUT2D eigenvalue weighted by Crippen LogP contribution is -2.48. The molecule has 0 aliphatic carbocycles. The number of aryl methyl sites for hydroxylation is 1. The number of nitrogens with zero attached hydrogens (tertiary/aromatic N) is 2. The first-order valence-corrected chi connectivity index (χ1v) is 10.7. The zero-order valence-electron chi connectivity index (χ0n) is 18.8. The monoisotopic (exact) mass is 538 g/mol. The quantitative estimate of drug-likeness (QED) is 0.228. The molecule has 1 atom stereocenters. The van der Waals surface area contributed by atoms with Gasteiger partial charge in [0.2, 0.25) is 0 Å². The zero-order chi connectivity index (χ0) is 21.2. The summed E-state index contributed by atoms with van der Waals surface area (Å²) in [5.41, 5.74) is 4.81. The molecule has 0 amide bonds. The number of rotatable bonds is 8. The second kappa shape index (κ2) is 13.5. The summed E-state index contributed by atoms with van der Waals surface area (Å²) in [6.45, 7) is 9.58. The van der Waals surface area contributed by atoms with Crippen molar-refractivity contribution < 1.29 is 9.47 Å². The van der Waals surface area contributed by atoms with E-state index in [2.05, 4.69) is 77.9 Å². The molecule has 0 radical (unpaired) electrons. The van der Waals surface area contributed by atoms with Crippen LogP contribution >= 0.6 is 24.0 Å². The van der Waals surface area contributed by atoms with Gasteiger partial charge >= 0.3 is 0 Å². The van der Waals surface area contributed by atoms with Gasteiger partial charge in [-0.1, -0.05) is 36.4 Å². The molecule has 31 heavy (non-hydrogen) atoms. The molecule has 1 aliphatic heterocycles. The first-order chi connectivity index (χ1) is 14.7. The van der Waals surface area contributed by atoms with E-state index in [0.29, 0.717) is 19.8 Å². The van der Waals surface area contributed by atoms with Crippen molar-refractivity contribution in [1.82, 2.24) is 10.2 Å². The third kappa shape index (κ3) is 7.66. The Labute approximate surface area is 203 Å². The van der Waals surface area contributed by atoms with Crippen molar-refractivity contribution in [3.63, 3.8) is 0 Å². The number of halogens is 1. The minimum atomic E-state index is 0. The van der Waals surface area contributed by atoms with Crippen LogP contribution in [0.25, 0.3) is 0 Å². The number of hydrogen-bond acceptors (Lipinski definition) is 4. The van der Waals surface area contributed by atoms with Crippen molar-refractivity contribution in [3.8, 4) is 0 Å². The Hall–Kier alpha value is -1.84. The fraction of sp³-hybridized carbons (Fsp3) is 0.458. The number of morpholine rings is 1. The van der Waals surface area contributed by atoms with Crippen molar-refractivity contribution in [2.45, 2.75) is 26.5 Å². The van der Waals surface area contributed by atoms with Crippen molar-refractivity contribution in [1.29, 1.82) is 0 Å². The third-order valence-corrected chi connectivity index (χ3v) is 5.24. The lowest BCUT2D eigenvalue weighted by molar-refractivity contribution is -0.00834. The molecular weight excluding hydrogens is 503 g/mol. The van der Waals surface area contributed by atoms with Crippen LogP contribution in [0.15, 0.2) is 53.5 Å². The summed E-state index contributed by atoms with van der Waals surface area (Å²) in [7, 11) is 1.71. The van der Waals surface area contributed by atoms with Crippen LogP contribution in [0.5, 0.6) is 0 Å². The normalized spacial score (nSPS) is 16.5. The topological polar surface area (TPSA) is 58.1 Å². The number of nitrogens with one attached hydrogen (secondary N) is 2. The molecule has 1 aliphatic rings. The lowest BCUT2D eigenvalue weighted by atomic mass is 10.0. The standard InChI is InChI=1S/C24H34N4O2.HI/c1-4-25-24(27-17-20-9-11-21(12-10-20)26-13-15-29-3)28-14-16-30-23(18-28)22-8-6-5-7-19(22)2;/h5-12,23,26H,4,13-18H2,1-3H3,(H,25,27);1H. The maximum absolute atomic E-state index is 6.08. The average Bonchev–Trinajstić information content (AvgIpc) is 2.78. The van der Waals surface area contributed by atoms with Gasteiger partial charge in [0.25, 0.3) is 0 Å². The lowest BCUT2D eigenvalue weighted by Gasteiger charge is -2.35. The van der Waals surface area contributed by atoms with Crippen molar-refractivity contribution in [3.05, 3.63) is 65.2 Å². The highest BCUT2D eigenvalue weighted by atomic mass is 127. The molecule has 6 nitrogen and oxygen atoms in total. The summed E-state index contributed by atoms with van der Waals surface area (Å²) in [4.78, 5) is 7.21. The number of guanidine groups is 1. The van der Waals surface area contributed by atoms with E-state index in [1.807, 2.05) is 0 Å². The van der Waals surface area contributed by atoms with Gasteiger partial charge in [0.05, 0.1) is 26.3 Å². The highest BCUT2D eigenvalue weighted by molar-refractivity contribution is 14.0. The van der Waals surface area contributed by atoms with Gasteiger partial charge in [-0.2, -0.15) is 0 Å². The average molecular weight is 538 g/mol. The summed E-state index contributed by atoms with van der Waals surface area (Å²) < 4.78 is 11.2. The zero-order valence-corrected chi connectivity index (χ0v) is 21.1. The van der Waals surface area contributed by atoms with Gasteiger partial charge in [-0.05, 0) is 42.7 Å². The van der Waals surface area contributed by atoms with E-state index in [1.165, 1.54) is 16.7 Å². The second-order valence-electron chi connectivity index (χ2n) is 7.45. The molecule has 0 saturated carbocycles. The summed E-state index contributed by atoms with van der Waals surface area (Å²) in [5, 5.41) is 6.79. The maximum atomic E-state index is 6.08. The van der Waals surface area contributed by atoms with Gasteiger partial charge in [0, 0.05) is 32.4 Å². The summed E-state index contributed by atoms with van der Waals surface area (Å²) in [6.07, 6.45) is 0.0706. The number of benzene rings is 2. The van der Waals surface area contributed by atoms with Gasteiger partial charge in [-0.25, -0.2) is 4.99 Å². The molecule has 1 fully saturated rings. The number of ether oxygens (including phenoxy) is 2. The van der Waals surface area contributed by atoms with E-state index in [9.17, 15) is 0 Å². The largest absolute Gasteiger partial charge is 0.383 e. The fourth-order valence-electron chi connectivity index (χ4n) is 3.60. The van der Waals surface area contributed by atoms with Crippen molar-refractivity contribution >= 4 is 35.6 Å². The molecule has 1 saturated heterocycles. The smallest absolute Gasteiger partial charge is 0.194 e. The molecular formula is C24H35IN4O2. The van der Waals surface area contributed by atoms with Crippen molar-refractivity contribution in [2.24, 2.45) is 4.99 Å². The molecule has 2 aromatic carbocycles. The van der Waals surface area contributed by atoms with Crippen molar-refractivity contribution in [2.75, 3.05) is 51.8 Å². The molecule has 0 bridgehead atoms. The summed E-state index contributed by atoms with van der Waals surface area (Å²) in [6, 6.07) is 16.9. The second-order valence-corrected chi connectivity index (χ2v) is 7.45. The van der Waals surface area contributed by atoms with E-state index in [4.69, 9.17) is 14.5 Å². The molecule has 3 rings (SSSR count). The molecule has 170 valence electrons. The maximum Gasteiger partial charge on any atom is 0.194 e. The number of aliphatic imine (C=N–C) groups is 1. The van der Waals surface area contributed by atoms with Crippen LogP contribution in [0, 0.1) is 6.92 Å². The van der Waals surface area contributed by atoms with E-state index in [0.717, 1.165) is 37.8 Å². The first-order valence-electron chi connectivity index (χ1n) is 10.7. The summed E-state index contributed by atoms with van der Waals surface area (Å²) >= 11 is 0. The van der Waals surface area contributed by atoms with Crippen LogP contribution in [-0.4, -0.2) is 57.4 Å². The SMILES string of the molecule is CCNC(=NCc1ccc(NCCOC)cc1)N1CCOC(c2ccccc2C)C1.I. The number of hydrogen-bond donors (Lipinski definition) is 2. The van der Waals surface area contributed by atoms with Crippen LogP contribution in [0.4, 0.5) is 5.69 Å². The highest BCUT2D eigenvalue weighted by Crippen LogP contribution is 2.25. The van der Waals surface area contributed by atoms with E-state index >= 15 is 0 Å². The molecule has 2 aromatic rings. The van der Waals surface area contributed by atoms with E-state index in [1.54, 1.807) is 7.11 Å². The predicted octanol–water partition coefficient (Wildman–Crippen LogP) is 4.21. The minimum Gasteiger partial charge on any atom is -0.383 e. The van der Waals surface area contributed by atoms with E-state index in [-0.39, 0.29) is 30.1 Å². The Morgan fingerprint density at radius 2 is 1.97 bits per heavy atom. The van der Waals surface area contributed by atoms with Gasteiger partial charge in [-0.3, -0.25) is 0 Å². The summed E-state index contributed by atoms with van der Waals surface area (Å²) in [5.74, 6) is 0.946. The van der Waals surface area contributed by atoms with Gasteiger partial charge < -0.3 is 25.0 Å². The Balaban J connectivity index is 0.00000341. The van der Waals surface area contributed by atoms with Crippen LogP contribution in [0.3, 0.4) is 0 Å². The van der Waals surface area contributed by atoms with Gasteiger partial charge in [0.1, 0.15) is 6.10 Å². The first kappa shape index (κ1) is 25.4. The number of anilines is 1. The fourth-order valence-corrected chi connectivity index (χ4v) is 3.60. The van der Waals surface area contributed by atoms with Gasteiger partial charge in [0.15, 0.2) is 5.96 Å². The highest BCUT2D eigenvalue weighted by Gasteiger charge is 2.25. The number of methoxy groups -OCH3 is 1.